The molecule has 0 spiro atoms. The molecule has 118 valence electrons. The van der Waals surface area contributed by atoms with Crippen LogP contribution in [0.25, 0.3) is 0 Å². The number of allylic oxidation sites excluding steroid dienone is 1. The van der Waals surface area contributed by atoms with Gasteiger partial charge in [-0.05, 0) is 29.8 Å². The van der Waals surface area contributed by atoms with Crippen molar-refractivity contribution in [3.8, 4) is 11.8 Å². The molecule has 4 rings (SSSR count). The number of benzene rings is 2. The van der Waals surface area contributed by atoms with Gasteiger partial charge in [0.25, 0.3) is 0 Å². The lowest BCUT2D eigenvalue weighted by Gasteiger charge is -2.29. The summed E-state index contributed by atoms with van der Waals surface area (Å²) in [6.45, 7) is 0. The second kappa shape index (κ2) is 5.29. The van der Waals surface area contributed by atoms with E-state index in [0.717, 1.165) is 11.3 Å². The molecule has 0 saturated heterocycles. The second-order valence-electron chi connectivity index (χ2n) is 5.71. The number of carbonyl (C=O) groups excluding carboxylic acids is 1. The fraction of sp³-hybridized carbons (Fsp3) is 0.111. The van der Waals surface area contributed by atoms with Crippen molar-refractivity contribution < 1.29 is 9.53 Å². The summed E-state index contributed by atoms with van der Waals surface area (Å²) in [4.78, 5) is 12.6. The molecule has 1 amide bonds. The standard InChI is InChI=1S/C18H12ClN3O2/c19-9-5-6-14-11(7-9)15(12(8-20)17(21)24-14)16-10-3-1-2-4-13(10)22-18(16)23/h1-7,15-16H,21H2,(H,22,23). The van der Waals surface area contributed by atoms with Crippen LogP contribution < -0.4 is 15.8 Å². The van der Waals surface area contributed by atoms with Crippen molar-refractivity contribution in [1.29, 1.82) is 5.26 Å². The van der Waals surface area contributed by atoms with Crippen LogP contribution in [0.15, 0.2) is 53.9 Å². The summed E-state index contributed by atoms with van der Waals surface area (Å²) in [5.41, 5.74) is 8.44. The van der Waals surface area contributed by atoms with Gasteiger partial charge in [0.15, 0.2) is 0 Å². The maximum atomic E-state index is 12.6. The van der Waals surface area contributed by atoms with E-state index in [1.807, 2.05) is 24.3 Å². The van der Waals surface area contributed by atoms with Crippen molar-refractivity contribution in [2.45, 2.75) is 11.8 Å². The number of hydrogen-bond acceptors (Lipinski definition) is 4. The van der Waals surface area contributed by atoms with Crippen LogP contribution in [0, 0.1) is 11.3 Å². The molecule has 2 unspecified atom stereocenters. The minimum Gasteiger partial charge on any atom is -0.440 e. The Morgan fingerprint density at radius 2 is 1.96 bits per heavy atom. The minimum atomic E-state index is -0.560. The van der Waals surface area contributed by atoms with Crippen LogP contribution in [0.4, 0.5) is 5.69 Å². The summed E-state index contributed by atoms with van der Waals surface area (Å²) < 4.78 is 5.55. The van der Waals surface area contributed by atoms with Crippen molar-refractivity contribution in [1.82, 2.24) is 0 Å². The Morgan fingerprint density at radius 3 is 2.75 bits per heavy atom. The third kappa shape index (κ3) is 2.04. The fourth-order valence-electron chi connectivity index (χ4n) is 3.37. The smallest absolute Gasteiger partial charge is 0.233 e. The van der Waals surface area contributed by atoms with Gasteiger partial charge < -0.3 is 15.8 Å². The minimum absolute atomic E-state index is 0.0227. The Kier molecular flexibility index (Phi) is 3.22. The molecule has 24 heavy (non-hydrogen) atoms. The molecule has 0 fully saturated rings. The first-order valence-corrected chi connectivity index (χ1v) is 7.75. The molecule has 2 aromatic carbocycles. The number of para-hydroxylation sites is 1. The van der Waals surface area contributed by atoms with Crippen molar-refractivity contribution >= 4 is 23.2 Å². The number of anilines is 1. The largest absolute Gasteiger partial charge is 0.440 e. The summed E-state index contributed by atoms with van der Waals surface area (Å²) in [5, 5.41) is 13.0. The first-order valence-electron chi connectivity index (χ1n) is 7.37. The quantitative estimate of drug-likeness (QED) is 0.836. The molecule has 0 bridgehead atoms. The van der Waals surface area contributed by atoms with Crippen LogP contribution in [0.1, 0.15) is 23.0 Å². The average molecular weight is 338 g/mol. The number of nitrogens with one attached hydrogen (secondary N) is 1. The van der Waals surface area contributed by atoms with Crippen LogP contribution in [0.5, 0.6) is 5.75 Å². The normalized spacial score (nSPS) is 21.4. The van der Waals surface area contributed by atoms with Gasteiger partial charge in [-0.15, -0.1) is 0 Å². The Hall–Kier alpha value is -2.97. The number of amides is 1. The van der Waals surface area contributed by atoms with Crippen LogP contribution in [-0.2, 0) is 4.79 Å². The van der Waals surface area contributed by atoms with Gasteiger partial charge in [-0.2, -0.15) is 5.26 Å². The first kappa shape index (κ1) is 14.6. The van der Waals surface area contributed by atoms with E-state index in [1.165, 1.54) is 0 Å². The molecule has 2 atom stereocenters. The Bertz CT molecular complexity index is 946. The summed E-state index contributed by atoms with van der Waals surface area (Å²) in [6.07, 6.45) is 0. The summed E-state index contributed by atoms with van der Waals surface area (Å²) in [7, 11) is 0. The van der Waals surface area contributed by atoms with E-state index in [1.54, 1.807) is 18.2 Å². The van der Waals surface area contributed by atoms with E-state index in [2.05, 4.69) is 11.4 Å². The number of fused-ring (bicyclic) bond motifs is 2. The molecule has 5 nitrogen and oxygen atoms in total. The van der Waals surface area contributed by atoms with E-state index in [4.69, 9.17) is 22.1 Å². The molecular formula is C18H12ClN3O2. The summed E-state index contributed by atoms with van der Waals surface area (Å²) in [6, 6.07) is 14.6. The molecule has 6 heteroatoms. The number of halogens is 1. The number of carbonyl (C=O) groups is 1. The summed E-state index contributed by atoms with van der Waals surface area (Å²) in [5.74, 6) is -0.737. The van der Waals surface area contributed by atoms with E-state index in [0.29, 0.717) is 16.3 Å². The molecule has 0 aliphatic carbocycles. The molecule has 2 aromatic rings. The van der Waals surface area contributed by atoms with Gasteiger partial charge in [0.1, 0.15) is 11.8 Å². The van der Waals surface area contributed by atoms with Gasteiger partial charge in [0.05, 0.1) is 11.5 Å². The van der Waals surface area contributed by atoms with Gasteiger partial charge in [0.2, 0.25) is 11.8 Å². The molecule has 3 N–H and O–H groups in total. The van der Waals surface area contributed by atoms with Gasteiger partial charge in [-0.1, -0.05) is 29.8 Å². The Morgan fingerprint density at radius 1 is 1.17 bits per heavy atom. The molecule has 0 radical (unpaired) electrons. The van der Waals surface area contributed by atoms with Gasteiger partial charge >= 0.3 is 0 Å². The highest BCUT2D eigenvalue weighted by Gasteiger charge is 2.43. The molecule has 2 heterocycles. The SMILES string of the molecule is N#CC1=C(N)Oc2ccc(Cl)cc2C1C1C(=O)Nc2ccccc21. The van der Waals surface area contributed by atoms with Crippen molar-refractivity contribution in [3.63, 3.8) is 0 Å². The number of ether oxygens (including phenoxy) is 1. The lowest BCUT2D eigenvalue weighted by Crippen LogP contribution is -2.27. The van der Waals surface area contributed by atoms with Crippen LogP contribution in [0.2, 0.25) is 5.02 Å². The van der Waals surface area contributed by atoms with Crippen LogP contribution in [-0.4, -0.2) is 5.91 Å². The highest BCUT2D eigenvalue weighted by Crippen LogP contribution is 2.50. The van der Waals surface area contributed by atoms with E-state index in [9.17, 15) is 10.1 Å². The molecule has 0 saturated carbocycles. The maximum absolute atomic E-state index is 12.6. The third-order valence-corrected chi connectivity index (χ3v) is 4.63. The number of nitrogens with zero attached hydrogens (tertiary/aromatic N) is 1. The maximum Gasteiger partial charge on any atom is 0.233 e. The second-order valence-corrected chi connectivity index (χ2v) is 6.14. The van der Waals surface area contributed by atoms with E-state index >= 15 is 0 Å². The lowest BCUT2D eigenvalue weighted by atomic mass is 9.76. The molecule has 2 aliphatic rings. The number of nitriles is 1. The van der Waals surface area contributed by atoms with Crippen molar-refractivity contribution in [2.75, 3.05) is 5.32 Å². The number of rotatable bonds is 1. The number of nitrogens with two attached hydrogens (primary N) is 1. The van der Waals surface area contributed by atoms with Crippen LogP contribution in [0.3, 0.4) is 0 Å². The zero-order valence-electron chi connectivity index (χ0n) is 12.4. The zero-order chi connectivity index (χ0) is 16.8. The Balaban J connectivity index is 1.95. The van der Waals surface area contributed by atoms with Crippen molar-refractivity contribution in [3.05, 3.63) is 70.1 Å². The average Bonchev–Trinajstić information content (AvgIpc) is 2.89. The van der Waals surface area contributed by atoms with Gasteiger partial charge in [-0.25, -0.2) is 0 Å². The molecule has 2 aliphatic heterocycles. The van der Waals surface area contributed by atoms with E-state index < -0.39 is 11.8 Å². The van der Waals surface area contributed by atoms with E-state index in [-0.39, 0.29) is 17.4 Å². The fourth-order valence-corrected chi connectivity index (χ4v) is 3.55. The molecule has 0 aromatic heterocycles. The third-order valence-electron chi connectivity index (χ3n) is 4.39. The monoisotopic (exact) mass is 337 g/mol. The van der Waals surface area contributed by atoms with Gasteiger partial charge in [-0.3, -0.25) is 4.79 Å². The highest BCUT2D eigenvalue weighted by atomic mass is 35.5. The van der Waals surface area contributed by atoms with Crippen molar-refractivity contribution in [2.24, 2.45) is 5.73 Å². The van der Waals surface area contributed by atoms with Crippen LogP contribution >= 0.6 is 11.6 Å². The first-order chi connectivity index (χ1) is 11.6. The highest BCUT2D eigenvalue weighted by molar-refractivity contribution is 6.30. The Labute approximate surface area is 143 Å². The van der Waals surface area contributed by atoms with Gasteiger partial charge in [0, 0.05) is 22.2 Å². The lowest BCUT2D eigenvalue weighted by molar-refractivity contribution is -0.117. The number of hydrogen-bond donors (Lipinski definition) is 2. The topological polar surface area (TPSA) is 88.1 Å². The zero-order valence-corrected chi connectivity index (χ0v) is 13.2. The molecular weight excluding hydrogens is 326 g/mol. The predicted octanol–water partition coefficient (Wildman–Crippen LogP) is 3.25. The summed E-state index contributed by atoms with van der Waals surface area (Å²) >= 11 is 6.13. The predicted molar refractivity (Wildman–Crippen MR) is 89.5 cm³/mol.